The van der Waals surface area contributed by atoms with Crippen LogP contribution in [0.4, 0.5) is 4.79 Å². The van der Waals surface area contributed by atoms with Crippen molar-refractivity contribution in [1.82, 2.24) is 25.1 Å². The molecule has 3 aromatic carbocycles. The van der Waals surface area contributed by atoms with Crippen LogP contribution < -0.4 is 10.6 Å². The summed E-state index contributed by atoms with van der Waals surface area (Å²) in [5.41, 5.74) is 3.56. The van der Waals surface area contributed by atoms with Crippen LogP contribution in [0.5, 0.6) is 0 Å². The summed E-state index contributed by atoms with van der Waals surface area (Å²) >= 11 is 6.62. The van der Waals surface area contributed by atoms with E-state index < -0.39 is 36.7 Å². The molecule has 0 spiro atoms. The fourth-order valence-corrected chi connectivity index (χ4v) is 7.77. The fourth-order valence-electron chi connectivity index (χ4n) is 6.50. The number of amides is 3. The normalized spacial score (nSPS) is 19.1. The smallest absolute Gasteiger partial charge is 0.362 e. The molecular formula is C39H47ClN5O5P. The van der Waals surface area contributed by atoms with Gasteiger partial charge in [-0.3, -0.25) is 19.6 Å². The van der Waals surface area contributed by atoms with Gasteiger partial charge in [0.25, 0.3) is 5.91 Å². The largest absolute Gasteiger partial charge is 0.377 e. The molecule has 3 aromatic rings. The fraction of sp³-hybridized carbons (Fsp3) is 0.333. The number of rotatable bonds is 14. The molecule has 5 rings (SSSR count). The highest BCUT2D eigenvalue weighted by Gasteiger charge is 2.46. The second-order valence-electron chi connectivity index (χ2n) is 12.8. The summed E-state index contributed by atoms with van der Waals surface area (Å²) in [6, 6.07) is 29.7. The molecule has 1 aliphatic carbocycles. The van der Waals surface area contributed by atoms with Gasteiger partial charge in [-0.05, 0) is 60.8 Å². The van der Waals surface area contributed by atoms with E-state index in [4.69, 9.17) is 20.5 Å². The summed E-state index contributed by atoms with van der Waals surface area (Å²) in [5, 5.41) is 5.12. The highest BCUT2D eigenvalue weighted by molar-refractivity contribution is 7.83. The van der Waals surface area contributed by atoms with Crippen LogP contribution >= 0.6 is 18.1 Å². The summed E-state index contributed by atoms with van der Waals surface area (Å²) in [5.74, 6) is -0.597. The van der Waals surface area contributed by atoms with Gasteiger partial charge in [-0.15, -0.1) is 0 Å². The molecule has 270 valence electrons. The van der Waals surface area contributed by atoms with E-state index >= 15 is 0 Å². The molecule has 12 heteroatoms. The van der Waals surface area contributed by atoms with Crippen molar-refractivity contribution in [1.29, 1.82) is 0 Å². The van der Waals surface area contributed by atoms with Gasteiger partial charge in [0, 0.05) is 44.5 Å². The third-order valence-corrected chi connectivity index (χ3v) is 11.7. The van der Waals surface area contributed by atoms with Gasteiger partial charge >= 0.3 is 12.9 Å². The van der Waals surface area contributed by atoms with E-state index in [2.05, 4.69) is 75.6 Å². The van der Waals surface area contributed by atoms with Gasteiger partial charge in [-0.2, -0.15) is 0 Å². The zero-order chi connectivity index (χ0) is 36.4. The molecule has 0 bridgehead atoms. The average molecular weight is 732 g/mol. The quantitative estimate of drug-likeness (QED) is 0.105. The van der Waals surface area contributed by atoms with E-state index in [9.17, 15) is 14.2 Å². The third-order valence-electron chi connectivity index (χ3n) is 9.19. The monoisotopic (exact) mass is 731 g/mol. The lowest BCUT2D eigenvalue weighted by molar-refractivity contribution is -0.124. The van der Waals surface area contributed by atoms with E-state index in [0.717, 1.165) is 29.5 Å². The minimum absolute atomic E-state index is 0.119. The molecule has 10 nitrogen and oxygen atoms in total. The van der Waals surface area contributed by atoms with Crippen molar-refractivity contribution in [2.45, 2.75) is 37.6 Å². The molecule has 3 atom stereocenters. The number of benzene rings is 3. The first-order valence-corrected chi connectivity index (χ1v) is 19.6. The van der Waals surface area contributed by atoms with Crippen LogP contribution in [0, 0.1) is 0 Å². The van der Waals surface area contributed by atoms with Crippen molar-refractivity contribution >= 4 is 30.1 Å². The van der Waals surface area contributed by atoms with Crippen LogP contribution in [-0.2, 0) is 24.2 Å². The molecule has 0 aromatic heterocycles. The Hall–Kier alpha value is -4.02. The molecule has 2 aliphatic rings. The van der Waals surface area contributed by atoms with Crippen molar-refractivity contribution in [2.24, 2.45) is 0 Å². The Morgan fingerprint density at radius 3 is 2.04 bits per heavy atom. The number of nitrogens with zero attached hydrogens (tertiary/aromatic N) is 3. The number of hydrogen-bond donors (Lipinski definition) is 2. The number of carbonyl (C=O) groups is 2. The molecule has 2 unspecified atom stereocenters. The molecule has 3 amide bonds. The Balaban J connectivity index is 1.45. The topological polar surface area (TPSA) is 103 Å². The number of nitrogens with one attached hydrogen (secondary N) is 2. The Kier molecular flexibility index (Phi) is 13.1. The zero-order valence-electron chi connectivity index (χ0n) is 29.4. The van der Waals surface area contributed by atoms with Crippen LogP contribution in [0.3, 0.4) is 0 Å². The minimum Gasteiger partial charge on any atom is -0.377 e. The Morgan fingerprint density at radius 2 is 1.53 bits per heavy atom. The summed E-state index contributed by atoms with van der Waals surface area (Å²) < 4.78 is 27.7. The number of imide groups is 1. The second kappa shape index (κ2) is 17.5. The Morgan fingerprint density at radius 1 is 0.961 bits per heavy atom. The van der Waals surface area contributed by atoms with E-state index in [1.54, 1.807) is 11.7 Å². The first-order chi connectivity index (χ1) is 24.5. The summed E-state index contributed by atoms with van der Waals surface area (Å²) in [7, 11) is 3.69. The van der Waals surface area contributed by atoms with Gasteiger partial charge < -0.3 is 19.5 Å². The van der Waals surface area contributed by atoms with Crippen LogP contribution in [0.25, 0.3) is 0 Å². The first-order valence-electron chi connectivity index (χ1n) is 17.1. The lowest BCUT2D eigenvalue weighted by Crippen LogP contribution is -2.62. The predicted octanol–water partition coefficient (Wildman–Crippen LogP) is 6.87. The van der Waals surface area contributed by atoms with Gasteiger partial charge in [0.2, 0.25) is 0 Å². The van der Waals surface area contributed by atoms with Crippen LogP contribution in [-0.4, -0.2) is 85.6 Å². The number of ether oxygens (including phenoxy) is 1. The van der Waals surface area contributed by atoms with E-state index in [1.165, 1.54) is 12.6 Å². The van der Waals surface area contributed by atoms with Crippen molar-refractivity contribution < 1.29 is 23.4 Å². The maximum atomic E-state index is 13.8. The number of morpholine rings is 1. The Labute approximate surface area is 306 Å². The summed E-state index contributed by atoms with van der Waals surface area (Å²) in [4.78, 5) is 29.7. The second-order valence-corrected chi connectivity index (χ2v) is 16.0. The van der Waals surface area contributed by atoms with Gasteiger partial charge in [0.05, 0.1) is 18.2 Å². The van der Waals surface area contributed by atoms with Crippen molar-refractivity contribution in [3.05, 3.63) is 144 Å². The number of hydrogen-bond acceptors (Lipinski definition) is 7. The maximum absolute atomic E-state index is 13.8. The van der Waals surface area contributed by atoms with Crippen molar-refractivity contribution in [2.75, 3.05) is 46.9 Å². The molecule has 1 aliphatic heterocycles. The Bertz CT molecular complexity index is 1660. The van der Waals surface area contributed by atoms with E-state index in [1.807, 2.05) is 67.7 Å². The SMILES string of the molecule is C=C(C)C(=O)NC(=O)NC1CN(C(c2ccccc2)(c2ccccc2)c2ccccc2)C[C@@H](COP(=O)(Cl)N(C)CCN(C)C2=CC=CCC2)O1. The summed E-state index contributed by atoms with van der Waals surface area (Å²) in [6.45, 7) is 2.85. The maximum Gasteiger partial charge on any atom is 0.362 e. The molecule has 2 N–H and O–H groups in total. The average Bonchev–Trinajstić information content (AvgIpc) is 3.14. The van der Waals surface area contributed by atoms with Gasteiger partial charge in [0.15, 0.2) is 0 Å². The van der Waals surface area contributed by atoms with Crippen molar-refractivity contribution in [3.8, 4) is 0 Å². The molecule has 0 saturated carbocycles. The molecule has 0 radical (unpaired) electrons. The van der Waals surface area contributed by atoms with Gasteiger partial charge in [-0.1, -0.05) is 110 Å². The molecule has 1 saturated heterocycles. The highest BCUT2D eigenvalue weighted by atomic mass is 35.7. The molecular weight excluding hydrogens is 685 g/mol. The standard InChI is InChI=1S/C39H47ClN5O5P/c1-30(2)37(46)42-38(47)41-36-28-45(27-35(50-36)29-49-51(40,48)44(4)26-25-43(3)34-23-15-8-16-24-34)39(31-17-9-5-10-18-31,32-19-11-6-12-20-32)33-21-13-7-14-22-33/h5-15,17-23,35-36H,1,16,24-29H2,2-4H3,(H2,41,42,46,47)/t35-,36?,51?/m0/s1. The van der Waals surface area contributed by atoms with Gasteiger partial charge in [0.1, 0.15) is 6.23 Å². The van der Waals surface area contributed by atoms with E-state index in [-0.39, 0.29) is 18.7 Å². The highest BCUT2D eigenvalue weighted by Crippen LogP contribution is 2.55. The van der Waals surface area contributed by atoms with Crippen LogP contribution in [0.2, 0.25) is 0 Å². The van der Waals surface area contributed by atoms with Gasteiger partial charge in [-0.25, -0.2) is 9.46 Å². The lowest BCUT2D eigenvalue weighted by Gasteiger charge is -2.50. The first kappa shape index (κ1) is 38.2. The molecule has 51 heavy (non-hydrogen) atoms. The third kappa shape index (κ3) is 9.46. The number of carbonyl (C=O) groups excluding carboxylic acids is 2. The molecule has 1 fully saturated rings. The van der Waals surface area contributed by atoms with Crippen LogP contribution in [0.15, 0.2) is 127 Å². The summed E-state index contributed by atoms with van der Waals surface area (Å²) in [6.07, 6.45) is 6.64. The molecule has 1 heterocycles. The van der Waals surface area contributed by atoms with E-state index in [0.29, 0.717) is 19.6 Å². The van der Waals surface area contributed by atoms with Crippen LogP contribution in [0.1, 0.15) is 36.5 Å². The number of allylic oxidation sites excluding steroid dienone is 4. The minimum atomic E-state index is -3.77. The van der Waals surface area contributed by atoms with Crippen molar-refractivity contribution in [3.63, 3.8) is 0 Å². The predicted molar refractivity (Wildman–Crippen MR) is 202 cm³/mol. The number of likely N-dealkylation sites (N-methyl/N-ethyl adjacent to an activating group) is 2. The number of urea groups is 1. The lowest BCUT2D eigenvalue weighted by atomic mass is 9.75. The number of halogens is 1. The zero-order valence-corrected chi connectivity index (χ0v) is 31.1.